The van der Waals surface area contributed by atoms with Crippen LogP contribution in [0.2, 0.25) is 0 Å². The van der Waals surface area contributed by atoms with E-state index in [0.29, 0.717) is 24.5 Å². The second kappa shape index (κ2) is 5.72. The first-order chi connectivity index (χ1) is 10.1. The third-order valence-electron chi connectivity index (χ3n) is 4.72. The van der Waals surface area contributed by atoms with Gasteiger partial charge in [0.25, 0.3) is 0 Å². The van der Waals surface area contributed by atoms with Crippen molar-refractivity contribution in [2.45, 2.75) is 63.7 Å². The highest BCUT2D eigenvalue weighted by molar-refractivity contribution is 5.89. The molecule has 1 unspecified atom stereocenters. The molecule has 21 heavy (non-hydrogen) atoms. The zero-order valence-electron chi connectivity index (χ0n) is 12.6. The zero-order valence-corrected chi connectivity index (χ0v) is 12.6. The van der Waals surface area contributed by atoms with E-state index in [4.69, 9.17) is 15.2 Å². The lowest BCUT2D eigenvalue weighted by atomic mass is 9.98. The van der Waals surface area contributed by atoms with Gasteiger partial charge in [-0.3, -0.25) is 0 Å². The maximum absolute atomic E-state index is 12.2. The molecule has 1 aliphatic carbocycles. The first kappa shape index (κ1) is 14.4. The van der Waals surface area contributed by atoms with Crippen molar-refractivity contribution in [1.82, 2.24) is 4.57 Å². The Kier molecular flexibility index (Phi) is 3.93. The van der Waals surface area contributed by atoms with Crippen LogP contribution in [0.5, 0.6) is 0 Å². The second-order valence-electron chi connectivity index (χ2n) is 6.21. The van der Waals surface area contributed by atoms with Gasteiger partial charge in [0, 0.05) is 12.7 Å². The van der Waals surface area contributed by atoms with Crippen molar-refractivity contribution in [2.75, 3.05) is 12.3 Å². The van der Waals surface area contributed by atoms with E-state index in [2.05, 4.69) is 0 Å². The van der Waals surface area contributed by atoms with E-state index in [9.17, 15) is 4.79 Å². The van der Waals surface area contributed by atoms with Gasteiger partial charge in [0.1, 0.15) is 12.3 Å². The largest absolute Gasteiger partial charge is 0.458 e. The molecule has 5 nitrogen and oxygen atoms in total. The van der Waals surface area contributed by atoms with Crippen molar-refractivity contribution >= 4 is 11.7 Å². The molecule has 1 spiro atoms. The molecule has 3 rings (SSSR count). The first-order valence-electron chi connectivity index (χ1n) is 7.92. The Morgan fingerprint density at radius 1 is 1.48 bits per heavy atom. The molecule has 1 aromatic rings. The summed E-state index contributed by atoms with van der Waals surface area (Å²) in [6, 6.07) is 1.67. The summed E-state index contributed by atoms with van der Waals surface area (Å²) in [7, 11) is 0. The van der Waals surface area contributed by atoms with Gasteiger partial charge in [-0.2, -0.15) is 0 Å². The Morgan fingerprint density at radius 3 is 2.95 bits per heavy atom. The average molecular weight is 292 g/mol. The Balaban J connectivity index is 1.54. The fourth-order valence-electron chi connectivity index (χ4n) is 3.61. The molecular weight excluding hydrogens is 268 g/mol. The third kappa shape index (κ3) is 2.93. The third-order valence-corrected chi connectivity index (χ3v) is 4.72. The van der Waals surface area contributed by atoms with Gasteiger partial charge in [0.2, 0.25) is 0 Å². The number of aryl methyl sites for hydroxylation is 1. The predicted octanol–water partition coefficient (Wildman–Crippen LogP) is 2.74. The smallest absolute Gasteiger partial charge is 0.355 e. The lowest BCUT2D eigenvalue weighted by molar-refractivity contribution is -0.0599. The van der Waals surface area contributed by atoms with Gasteiger partial charge < -0.3 is 19.8 Å². The predicted molar refractivity (Wildman–Crippen MR) is 80.1 cm³/mol. The minimum absolute atomic E-state index is 0.0504. The number of nitrogen functional groups attached to an aromatic ring is 1. The number of hydrogen-bond acceptors (Lipinski definition) is 4. The molecule has 1 atom stereocenters. The standard InChI is InChI=1S/C16H24N2O3/c1-2-18-10-12(17)9-14(18)15(19)20-11-13-5-8-16(21-13)6-3-4-7-16/h9-10,13H,2-8,11,17H2,1H3. The van der Waals surface area contributed by atoms with E-state index in [-0.39, 0.29) is 17.7 Å². The van der Waals surface area contributed by atoms with E-state index in [1.807, 2.05) is 11.5 Å². The number of carbonyl (C=O) groups excluding carboxylic acids is 1. The molecule has 0 bridgehead atoms. The monoisotopic (exact) mass is 292 g/mol. The highest BCUT2D eigenvalue weighted by atomic mass is 16.6. The molecule has 2 N–H and O–H groups in total. The van der Waals surface area contributed by atoms with Gasteiger partial charge >= 0.3 is 5.97 Å². The van der Waals surface area contributed by atoms with Crippen molar-refractivity contribution < 1.29 is 14.3 Å². The van der Waals surface area contributed by atoms with Crippen LogP contribution in [0, 0.1) is 0 Å². The SMILES string of the molecule is CCn1cc(N)cc1C(=O)OCC1CCC2(CCCC2)O1. The highest BCUT2D eigenvalue weighted by Crippen LogP contribution is 2.43. The maximum Gasteiger partial charge on any atom is 0.355 e. The van der Waals surface area contributed by atoms with Crippen LogP contribution in [0.15, 0.2) is 12.3 Å². The summed E-state index contributed by atoms with van der Waals surface area (Å²) < 4.78 is 13.4. The summed E-state index contributed by atoms with van der Waals surface area (Å²) in [5.74, 6) is -0.315. The quantitative estimate of drug-likeness (QED) is 0.867. The van der Waals surface area contributed by atoms with Crippen molar-refractivity contribution in [1.29, 1.82) is 0 Å². The van der Waals surface area contributed by atoms with Crippen LogP contribution in [-0.4, -0.2) is 28.8 Å². The zero-order chi connectivity index (χ0) is 14.9. The maximum atomic E-state index is 12.2. The van der Waals surface area contributed by atoms with Gasteiger partial charge in [0.15, 0.2) is 0 Å². The molecule has 2 heterocycles. The van der Waals surface area contributed by atoms with Crippen molar-refractivity contribution in [2.24, 2.45) is 0 Å². The van der Waals surface area contributed by atoms with Crippen molar-refractivity contribution in [3.8, 4) is 0 Å². The van der Waals surface area contributed by atoms with Crippen LogP contribution in [0.1, 0.15) is 55.9 Å². The summed E-state index contributed by atoms with van der Waals surface area (Å²) in [5, 5.41) is 0. The van der Waals surface area contributed by atoms with Gasteiger partial charge in [0.05, 0.1) is 17.4 Å². The minimum atomic E-state index is -0.315. The molecule has 0 aromatic carbocycles. The molecule has 2 aliphatic rings. The molecule has 1 aromatic heterocycles. The van der Waals surface area contributed by atoms with Gasteiger partial charge in [-0.05, 0) is 38.7 Å². The Hall–Kier alpha value is -1.49. The van der Waals surface area contributed by atoms with Crippen LogP contribution in [0.25, 0.3) is 0 Å². The van der Waals surface area contributed by atoms with Gasteiger partial charge in [-0.25, -0.2) is 4.79 Å². The number of anilines is 1. The first-order valence-corrected chi connectivity index (χ1v) is 7.92. The topological polar surface area (TPSA) is 66.5 Å². The number of nitrogens with zero attached hydrogens (tertiary/aromatic N) is 1. The van der Waals surface area contributed by atoms with Crippen molar-refractivity contribution in [3.05, 3.63) is 18.0 Å². The van der Waals surface area contributed by atoms with E-state index >= 15 is 0 Å². The highest BCUT2D eigenvalue weighted by Gasteiger charge is 2.42. The normalized spacial score (nSPS) is 23.8. The fourth-order valence-corrected chi connectivity index (χ4v) is 3.61. The molecule has 1 saturated carbocycles. The Morgan fingerprint density at radius 2 is 2.24 bits per heavy atom. The molecule has 0 radical (unpaired) electrons. The number of rotatable bonds is 4. The Bertz CT molecular complexity index is 518. The number of nitrogens with two attached hydrogens (primary N) is 1. The molecule has 1 aliphatic heterocycles. The van der Waals surface area contributed by atoms with Crippen LogP contribution in [0.4, 0.5) is 5.69 Å². The summed E-state index contributed by atoms with van der Waals surface area (Å²) in [5.41, 5.74) is 6.93. The molecule has 0 amide bonds. The molecule has 116 valence electrons. The minimum Gasteiger partial charge on any atom is -0.458 e. The summed E-state index contributed by atoms with van der Waals surface area (Å²) in [6.07, 6.45) is 8.74. The number of hydrogen-bond donors (Lipinski definition) is 1. The van der Waals surface area contributed by atoms with Crippen LogP contribution in [-0.2, 0) is 16.0 Å². The summed E-state index contributed by atoms with van der Waals surface area (Å²) in [4.78, 5) is 12.2. The van der Waals surface area contributed by atoms with Gasteiger partial charge in [-0.15, -0.1) is 0 Å². The molecular formula is C16H24N2O3. The van der Waals surface area contributed by atoms with Gasteiger partial charge in [-0.1, -0.05) is 12.8 Å². The Labute approximate surface area is 125 Å². The van der Waals surface area contributed by atoms with E-state index in [1.165, 1.54) is 12.8 Å². The van der Waals surface area contributed by atoms with E-state index in [1.54, 1.807) is 12.3 Å². The summed E-state index contributed by atoms with van der Waals surface area (Å²) >= 11 is 0. The lowest BCUT2D eigenvalue weighted by Crippen LogP contribution is -2.27. The molecule has 5 heteroatoms. The number of esters is 1. The number of ether oxygens (including phenoxy) is 2. The fraction of sp³-hybridized carbons (Fsp3) is 0.688. The van der Waals surface area contributed by atoms with Crippen LogP contribution >= 0.6 is 0 Å². The molecule has 2 fully saturated rings. The number of aromatic nitrogens is 1. The molecule has 1 saturated heterocycles. The van der Waals surface area contributed by atoms with Crippen LogP contribution in [0.3, 0.4) is 0 Å². The van der Waals surface area contributed by atoms with E-state index < -0.39 is 0 Å². The second-order valence-corrected chi connectivity index (χ2v) is 6.21. The summed E-state index contributed by atoms with van der Waals surface area (Å²) in [6.45, 7) is 3.01. The average Bonchev–Trinajstić information content (AvgIpc) is 3.18. The van der Waals surface area contributed by atoms with E-state index in [0.717, 1.165) is 25.7 Å². The van der Waals surface area contributed by atoms with Crippen LogP contribution < -0.4 is 5.73 Å². The lowest BCUT2D eigenvalue weighted by Gasteiger charge is -2.23. The number of carbonyl (C=O) groups is 1. The van der Waals surface area contributed by atoms with Crippen molar-refractivity contribution in [3.63, 3.8) is 0 Å².